The Kier molecular flexibility index (Phi) is 13.3. The van der Waals surface area contributed by atoms with Crippen molar-refractivity contribution in [2.24, 2.45) is 21.7 Å². The molecular formula is C31H49F3N2O6S. The quantitative estimate of drug-likeness (QED) is 0.0902. The van der Waals surface area contributed by atoms with Gasteiger partial charge in [-0.25, -0.2) is 9.79 Å². The molecule has 0 bridgehead atoms. The first-order valence-electron chi connectivity index (χ1n) is 14.6. The molecule has 0 atom stereocenters. The van der Waals surface area contributed by atoms with Gasteiger partial charge in [-0.3, -0.25) is 4.79 Å². The van der Waals surface area contributed by atoms with E-state index in [1.807, 2.05) is 26.8 Å². The third kappa shape index (κ3) is 11.4. The number of hydrogen-bond acceptors (Lipinski definition) is 7. The SMILES string of the molecule is C=C/C(=C\C=C/C)C(=O)OC(C)C.CC(C)(C)CCCN1C(=O)C(OS(=O)(=O)C(F)(F)F)=NC12CCC(C(C)(C)C)CC2. The van der Waals surface area contributed by atoms with Crippen molar-refractivity contribution in [3.05, 3.63) is 36.5 Å². The molecule has 2 aliphatic rings. The summed E-state index contributed by atoms with van der Waals surface area (Å²) in [7, 11) is -5.95. The van der Waals surface area contributed by atoms with Crippen LogP contribution in [0.25, 0.3) is 0 Å². The molecule has 246 valence electrons. The smallest absolute Gasteiger partial charge is 0.459 e. The molecule has 12 heteroatoms. The topological polar surface area (TPSA) is 102 Å². The third-order valence-electron chi connectivity index (χ3n) is 7.30. The lowest BCUT2D eigenvalue weighted by Crippen LogP contribution is -2.50. The maximum Gasteiger partial charge on any atom is 0.534 e. The van der Waals surface area contributed by atoms with Crippen LogP contribution in [-0.4, -0.2) is 54.9 Å². The van der Waals surface area contributed by atoms with Crippen molar-refractivity contribution in [1.29, 1.82) is 0 Å². The zero-order valence-corrected chi connectivity index (χ0v) is 27.8. The molecule has 8 nitrogen and oxygen atoms in total. The van der Waals surface area contributed by atoms with Crippen LogP contribution < -0.4 is 0 Å². The summed E-state index contributed by atoms with van der Waals surface area (Å²) in [6, 6.07) is 0. The number of amides is 1. The number of allylic oxidation sites excluding steroid dienone is 3. The summed E-state index contributed by atoms with van der Waals surface area (Å²) in [4.78, 5) is 29.7. The average molecular weight is 635 g/mol. The Hall–Kier alpha value is -2.63. The molecule has 1 fully saturated rings. The minimum absolute atomic E-state index is 0.0274. The number of alkyl halides is 3. The molecule has 1 spiro atoms. The Bertz CT molecular complexity index is 1180. The molecule has 0 aromatic rings. The maximum atomic E-state index is 12.9. The van der Waals surface area contributed by atoms with Gasteiger partial charge in [-0.2, -0.15) is 21.6 Å². The molecule has 0 N–H and O–H groups in total. The molecule has 0 saturated heterocycles. The lowest BCUT2D eigenvalue weighted by Gasteiger charge is -2.44. The average Bonchev–Trinajstić information content (AvgIpc) is 3.07. The molecule has 1 amide bonds. The zero-order valence-electron chi connectivity index (χ0n) is 27.0. The normalized spacial score (nSPS) is 22.0. The number of halogens is 3. The second kappa shape index (κ2) is 14.9. The highest BCUT2D eigenvalue weighted by molar-refractivity contribution is 7.88. The lowest BCUT2D eigenvalue weighted by atomic mass is 9.69. The Labute approximate surface area is 255 Å². The lowest BCUT2D eigenvalue weighted by molar-refractivity contribution is -0.142. The summed E-state index contributed by atoms with van der Waals surface area (Å²) in [6.07, 6.45) is 10.5. The zero-order chi connectivity index (χ0) is 33.4. The summed E-state index contributed by atoms with van der Waals surface area (Å²) in [5.74, 6) is -1.81. The summed E-state index contributed by atoms with van der Waals surface area (Å²) >= 11 is 0. The summed E-state index contributed by atoms with van der Waals surface area (Å²) < 4.78 is 70.4. The van der Waals surface area contributed by atoms with Crippen molar-refractivity contribution in [3.8, 4) is 0 Å². The maximum absolute atomic E-state index is 12.9. The molecule has 1 saturated carbocycles. The van der Waals surface area contributed by atoms with Gasteiger partial charge in [0, 0.05) is 6.54 Å². The first-order chi connectivity index (χ1) is 19.5. The molecule has 0 aromatic heterocycles. The van der Waals surface area contributed by atoms with E-state index in [4.69, 9.17) is 4.74 Å². The van der Waals surface area contributed by atoms with Crippen molar-refractivity contribution >= 4 is 27.9 Å². The van der Waals surface area contributed by atoms with Crippen LogP contribution in [0, 0.1) is 16.7 Å². The van der Waals surface area contributed by atoms with Gasteiger partial charge < -0.3 is 13.8 Å². The van der Waals surface area contributed by atoms with Crippen LogP contribution in [0.2, 0.25) is 0 Å². The van der Waals surface area contributed by atoms with Crippen LogP contribution in [0.5, 0.6) is 0 Å². The predicted octanol–water partition coefficient (Wildman–Crippen LogP) is 7.48. The molecule has 0 aromatic carbocycles. The van der Waals surface area contributed by atoms with E-state index in [1.165, 1.54) is 11.0 Å². The van der Waals surface area contributed by atoms with E-state index in [0.717, 1.165) is 19.3 Å². The summed E-state index contributed by atoms with van der Waals surface area (Å²) in [5, 5.41) is 0. The number of rotatable bonds is 8. The Morgan fingerprint density at radius 1 is 1.14 bits per heavy atom. The van der Waals surface area contributed by atoms with Crippen molar-refractivity contribution in [3.63, 3.8) is 0 Å². The molecular weight excluding hydrogens is 585 g/mol. The minimum atomic E-state index is -5.95. The van der Waals surface area contributed by atoms with Crippen molar-refractivity contribution in [2.75, 3.05) is 6.54 Å². The second-order valence-electron chi connectivity index (χ2n) is 13.4. The van der Waals surface area contributed by atoms with E-state index in [1.54, 1.807) is 12.2 Å². The first kappa shape index (κ1) is 38.4. The Balaban J connectivity index is 0.000000599. The van der Waals surface area contributed by atoms with Gasteiger partial charge in [-0.05, 0) is 82.1 Å². The molecule has 0 radical (unpaired) electrons. The fourth-order valence-corrected chi connectivity index (χ4v) is 5.32. The van der Waals surface area contributed by atoms with Gasteiger partial charge in [-0.15, -0.1) is 0 Å². The molecule has 43 heavy (non-hydrogen) atoms. The van der Waals surface area contributed by atoms with Crippen LogP contribution in [0.15, 0.2) is 41.4 Å². The number of carbonyl (C=O) groups excluding carboxylic acids is 2. The van der Waals surface area contributed by atoms with E-state index >= 15 is 0 Å². The highest BCUT2D eigenvalue weighted by Gasteiger charge is 2.55. The minimum Gasteiger partial charge on any atom is -0.459 e. The van der Waals surface area contributed by atoms with E-state index in [2.05, 4.69) is 57.3 Å². The van der Waals surface area contributed by atoms with Gasteiger partial charge in [0.1, 0.15) is 5.66 Å². The standard InChI is InChI=1S/C20H33F3N2O4S.C11H16O2/c1-17(2,3)10-7-13-25-16(26)15(29-30(27,28)20(21,22)23)24-19(25)11-8-14(9-12-19)18(4,5)6;1-5-7-8-10(6-2)11(12)13-9(3)4/h14H,7-13H2,1-6H3;5-9H,2H2,1,3-4H3/b;7-5-,10-8+. The van der Waals surface area contributed by atoms with Crippen LogP contribution in [0.1, 0.15) is 101 Å². The number of hydrogen-bond donors (Lipinski definition) is 0. The number of aliphatic imine (C=N–C) groups is 1. The van der Waals surface area contributed by atoms with Crippen molar-refractivity contribution < 1.29 is 40.1 Å². The molecule has 1 heterocycles. The summed E-state index contributed by atoms with van der Waals surface area (Å²) in [6.45, 7) is 21.9. The highest BCUT2D eigenvalue weighted by atomic mass is 32.2. The van der Waals surface area contributed by atoms with E-state index < -0.39 is 33.1 Å². The molecule has 1 aliphatic heterocycles. The second-order valence-corrected chi connectivity index (χ2v) is 15.0. The highest BCUT2D eigenvalue weighted by Crippen LogP contribution is 2.46. The number of carbonyl (C=O) groups is 2. The van der Waals surface area contributed by atoms with Crippen LogP contribution >= 0.6 is 0 Å². The largest absolute Gasteiger partial charge is 0.534 e. The van der Waals surface area contributed by atoms with E-state index in [9.17, 15) is 31.2 Å². The summed E-state index contributed by atoms with van der Waals surface area (Å²) in [5.41, 5.74) is -6.09. The van der Waals surface area contributed by atoms with Gasteiger partial charge in [0.05, 0.1) is 11.7 Å². The Morgan fingerprint density at radius 3 is 2.12 bits per heavy atom. The van der Waals surface area contributed by atoms with Gasteiger partial charge in [0.2, 0.25) is 0 Å². The number of ether oxygens (including phenoxy) is 1. The molecule has 1 aliphatic carbocycles. The number of esters is 1. The Morgan fingerprint density at radius 2 is 1.70 bits per heavy atom. The van der Waals surface area contributed by atoms with Gasteiger partial charge in [-0.1, -0.05) is 66.3 Å². The van der Waals surface area contributed by atoms with Crippen molar-refractivity contribution in [2.45, 2.75) is 118 Å². The van der Waals surface area contributed by atoms with Gasteiger partial charge in [0.25, 0.3) is 5.90 Å². The fourth-order valence-electron chi connectivity index (χ4n) is 4.91. The molecule has 2 rings (SSSR count). The van der Waals surface area contributed by atoms with Crippen molar-refractivity contribution in [1.82, 2.24) is 4.90 Å². The predicted molar refractivity (Wildman–Crippen MR) is 162 cm³/mol. The fraction of sp³-hybridized carbons (Fsp3) is 0.710. The van der Waals surface area contributed by atoms with Crippen LogP contribution in [-0.2, 0) is 28.6 Å². The molecule has 0 unspecified atom stereocenters. The first-order valence-corrected chi connectivity index (χ1v) is 16.0. The van der Waals surface area contributed by atoms with Crippen LogP contribution in [0.4, 0.5) is 13.2 Å². The third-order valence-corrected chi connectivity index (χ3v) is 8.24. The van der Waals surface area contributed by atoms with Gasteiger partial charge in [0.15, 0.2) is 0 Å². The van der Waals surface area contributed by atoms with E-state index in [-0.39, 0.29) is 22.9 Å². The van der Waals surface area contributed by atoms with Gasteiger partial charge >= 0.3 is 27.5 Å². The van der Waals surface area contributed by atoms with Crippen LogP contribution in [0.3, 0.4) is 0 Å². The van der Waals surface area contributed by atoms with E-state index in [0.29, 0.717) is 37.3 Å². The number of nitrogens with zero attached hydrogens (tertiary/aromatic N) is 2. The monoisotopic (exact) mass is 634 g/mol.